The van der Waals surface area contributed by atoms with Crippen LogP contribution in [0.1, 0.15) is 31.9 Å². The highest BCUT2D eigenvalue weighted by atomic mass is 79.9. The first-order chi connectivity index (χ1) is 8.31. The molecule has 18 heavy (non-hydrogen) atoms. The topological polar surface area (TPSA) is 64.3 Å². The molecule has 100 valence electrons. The molecule has 4 nitrogen and oxygen atoms in total. The summed E-state index contributed by atoms with van der Waals surface area (Å²) in [4.78, 5) is 11.5. The Bertz CT molecular complexity index is 427. The minimum atomic E-state index is -0.488. The average Bonchev–Trinajstić information content (AvgIpc) is 2.24. The van der Waals surface area contributed by atoms with E-state index in [1.807, 2.05) is 39.0 Å². The van der Waals surface area contributed by atoms with Gasteiger partial charge in [-0.15, -0.1) is 0 Å². The lowest BCUT2D eigenvalue weighted by Gasteiger charge is -2.20. The van der Waals surface area contributed by atoms with Crippen LogP contribution < -0.4 is 11.1 Å². The zero-order valence-corrected chi connectivity index (χ0v) is 12.5. The molecule has 0 spiro atoms. The van der Waals surface area contributed by atoms with Crippen LogP contribution in [0.4, 0.5) is 4.79 Å². The van der Waals surface area contributed by atoms with Crippen molar-refractivity contribution >= 4 is 22.0 Å². The molecule has 0 bridgehead atoms. The van der Waals surface area contributed by atoms with Crippen LogP contribution in [0.3, 0.4) is 0 Å². The van der Waals surface area contributed by atoms with Crippen LogP contribution in [0.15, 0.2) is 22.7 Å². The Labute approximate surface area is 116 Å². The number of hydrogen-bond donors (Lipinski definition) is 2. The molecule has 5 heteroatoms. The molecule has 0 aliphatic carbocycles. The standard InChI is InChI=1S/C13H19BrN2O2/c1-13(2,3)18-12(17)16-8-10-6-11(14)5-4-9(10)7-15/h4-6H,7-8,15H2,1-3H3,(H,16,17). The van der Waals surface area contributed by atoms with E-state index in [-0.39, 0.29) is 0 Å². The van der Waals surface area contributed by atoms with Gasteiger partial charge in [-0.1, -0.05) is 22.0 Å². The Balaban J connectivity index is 2.63. The number of ether oxygens (including phenoxy) is 1. The zero-order chi connectivity index (χ0) is 13.8. The van der Waals surface area contributed by atoms with Gasteiger partial charge in [0.05, 0.1) is 0 Å². The molecule has 1 amide bonds. The number of carbonyl (C=O) groups is 1. The Hall–Kier alpha value is -1.07. The molecule has 0 saturated heterocycles. The largest absolute Gasteiger partial charge is 0.444 e. The maximum Gasteiger partial charge on any atom is 0.407 e. The summed E-state index contributed by atoms with van der Waals surface area (Å²) < 4.78 is 6.13. The fraction of sp³-hybridized carbons (Fsp3) is 0.462. The molecule has 0 fully saturated rings. The van der Waals surface area contributed by atoms with Crippen molar-refractivity contribution in [1.29, 1.82) is 0 Å². The molecule has 0 unspecified atom stereocenters. The van der Waals surface area contributed by atoms with E-state index in [4.69, 9.17) is 10.5 Å². The maximum absolute atomic E-state index is 11.5. The summed E-state index contributed by atoms with van der Waals surface area (Å²) in [5.74, 6) is 0. The number of hydrogen-bond acceptors (Lipinski definition) is 3. The molecular weight excluding hydrogens is 296 g/mol. The Kier molecular flexibility index (Phi) is 5.16. The van der Waals surface area contributed by atoms with E-state index in [0.29, 0.717) is 13.1 Å². The van der Waals surface area contributed by atoms with Crippen LogP contribution in [0.25, 0.3) is 0 Å². The van der Waals surface area contributed by atoms with Gasteiger partial charge in [0.2, 0.25) is 0 Å². The highest BCUT2D eigenvalue weighted by Gasteiger charge is 2.16. The molecule has 0 radical (unpaired) electrons. The highest BCUT2D eigenvalue weighted by molar-refractivity contribution is 9.10. The van der Waals surface area contributed by atoms with Crippen molar-refractivity contribution in [2.75, 3.05) is 0 Å². The molecule has 0 aliphatic heterocycles. The van der Waals surface area contributed by atoms with Gasteiger partial charge in [0.1, 0.15) is 5.60 Å². The van der Waals surface area contributed by atoms with Gasteiger partial charge >= 0.3 is 6.09 Å². The second-order valence-corrected chi connectivity index (χ2v) is 5.89. The molecule has 1 aromatic rings. The van der Waals surface area contributed by atoms with Gasteiger partial charge in [0, 0.05) is 17.6 Å². The van der Waals surface area contributed by atoms with Crippen LogP contribution in [-0.4, -0.2) is 11.7 Å². The predicted octanol–water partition coefficient (Wildman–Crippen LogP) is 2.93. The number of rotatable bonds is 3. The minimum Gasteiger partial charge on any atom is -0.444 e. The van der Waals surface area contributed by atoms with Gasteiger partial charge in [0.25, 0.3) is 0 Å². The van der Waals surface area contributed by atoms with E-state index >= 15 is 0 Å². The number of carbonyl (C=O) groups excluding carboxylic acids is 1. The van der Waals surface area contributed by atoms with Gasteiger partial charge in [-0.2, -0.15) is 0 Å². The van der Waals surface area contributed by atoms with Crippen molar-refractivity contribution in [3.8, 4) is 0 Å². The Morgan fingerprint density at radius 3 is 2.61 bits per heavy atom. The summed E-state index contributed by atoms with van der Waals surface area (Å²) in [5, 5.41) is 2.72. The van der Waals surface area contributed by atoms with Crippen LogP contribution in [0.5, 0.6) is 0 Å². The molecule has 1 rings (SSSR count). The van der Waals surface area contributed by atoms with Crippen molar-refractivity contribution in [2.45, 2.75) is 39.5 Å². The van der Waals surface area contributed by atoms with Gasteiger partial charge < -0.3 is 15.8 Å². The van der Waals surface area contributed by atoms with Crippen molar-refractivity contribution in [3.63, 3.8) is 0 Å². The highest BCUT2D eigenvalue weighted by Crippen LogP contribution is 2.16. The lowest BCUT2D eigenvalue weighted by Crippen LogP contribution is -2.32. The first kappa shape index (κ1) is 15.0. The van der Waals surface area contributed by atoms with Crippen LogP contribution in [0.2, 0.25) is 0 Å². The molecule has 0 heterocycles. The summed E-state index contributed by atoms with van der Waals surface area (Å²) >= 11 is 3.40. The van der Waals surface area contributed by atoms with Gasteiger partial charge in [-0.3, -0.25) is 0 Å². The van der Waals surface area contributed by atoms with Crippen LogP contribution in [-0.2, 0) is 17.8 Å². The number of halogens is 1. The van der Waals surface area contributed by atoms with Crippen LogP contribution >= 0.6 is 15.9 Å². The normalized spacial score (nSPS) is 11.2. The van der Waals surface area contributed by atoms with E-state index < -0.39 is 11.7 Å². The molecular formula is C13H19BrN2O2. The Morgan fingerprint density at radius 2 is 2.06 bits per heavy atom. The number of nitrogens with two attached hydrogens (primary N) is 1. The first-order valence-electron chi connectivity index (χ1n) is 5.76. The third-order valence-electron chi connectivity index (χ3n) is 2.21. The lowest BCUT2D eigenvalue weighted by molar-refractivity contribution is 0.0523. The summed E-state index contributed by atoms with van der Waals surface area (Å²) in [6, 6.07) is 5.81. The first-order valence-corrected chi connectivity index (χ1v) is 6.55. The predicted molar refractivity (Wildman–Crippen MR) is 75.1 cm³/mol. The number of nitrogens with one attached hydrogen (secondary N) is 1. The smallest absolute Gasteiger partial charge is 0.407 e. The molecule has 0 aromatic heterocycles. The van der Waals surface area contributed by atoms with Crippen molar-refractivity contribution in [2.24, 2.45) is 5.73 Å². The van der Waals surface area contributed by atoms with E-state index in [2.05, 4.69) is 21.2 Å². The third kappa shape index (κ3) is 5.06. The molecule has 0 aliphatic rings. The lowest BCUT2D eigenvalue weighted by atomic mass is 10.1. The number of amides is 1. The van der Waals surface area contributed by atoms with Crippen molar-refractivity contribution in [3.05, 3.63) is 33.8 Å². The maximum atomic E-state index is 11.5. The summed E-state index contributed by atoms with van der Waals surface area (Å²) in [5.41, 5.74) is 7.15. The second-order valence-electron chi connectivity index (χ2n) is 4.97. The molecule has 0 atom stereocenters. The zero-order valence-electron chi connectivity index (χ0n) is 10.9. The Morgan fingerprint density at radius 1 is 1.39 bits per heavy atom. The quantitative estimate of drug-likeness (QED) is 0.901. The molecule has 3 N–H and O–H groups in total. The SMILES string of the molecule is CC(C)(C)OC(=O)NCc1cc(Br)ccc1CN. The van der Waals surface area contributed by atoms with E-state index in [1.54, 1.807) is 0 Å². The summed E-state index contributed by atoms with van der Waals surface area (Å²) in [6.07, 6.45) is -0.426. The fourth-order valence-electron chi connectivity index (χ4n) is 1.44. The molecule has 0 saturated carbocycles. The van der Waals surface area contributed by atoms with E-state index in [9.17, 15) is 4.79 Å². The molecule has 1 aromatic carbocycles. The van der Waals surface area contributed by atoms with E-state index in [1.165, 1.54) is 0 Å². The van der Waals surface area contributed by atoms with Crippen LogP contribution in [0, 0.1) is 0 Å². The summed E-state index contributed by atoms with van der Waals surface area (Å²) in [6.45, 7) is 6.34. The van der Waals surface area contributed by atoms with Crippen molar-refractivity contribution in [1.82, 2.24) is 5.32 Å². The monoisotopic (exact) mass is 314 g/mol. The van der Waals surface area contributed by atoms with Gasteiger partial charge in [-0.05, 0) is 44.0 Å². The second kappa shape index (κ2) is 6.20. The average molecular weight is 315 g/mol. The van der Waals surface area contributed by atoms with E-state index in [0.717, 1.165) is 15.6 Å². The third-order valence-corrected chi connectivity index (χ3v) is 2.70. The summed E-state index contributed by atoms with van der Waals surface area (Å²) in [7, 11) is 0. The van der Waals surface area contributed by atoms with Crippen molar-refractivity contribution < 1.29 is 9.53 Å². The van der Waals surface area contributed by atoms with Gasteiger partial charge in [-0.25, -0.2) is 4.79 Å². The fourth-order valence-corrected chi connectivity index (χ4v) is 1.85. The van der Waals surface area contributed by atoms with Gasteiger partial charge in [0.15, 0.2) is 0 Å². The number of alkyl carbamates (subject to hydrolysis) is 1. The number of benzene rings is 1. The minimum absolute atomic E-state index is 0.404.